The van der Waals surface area contributed by atoms with Crippen LogP contribution in [0.4, 0.5) is 0 Å². The summed E-state index contributed by atoms with van der Waals surface area (Å²) in [5.74, 6) is 0. The Bertz CT molecular complexity index is 345. The van der Waals surface area contributed by atoms with Gasteiger partial charge >= 0.3 is 0 Å². The van der Waals surface area contributed by atoms with Crippen molar-refractivity contribution in [2.24, 2.45) is 0 Å². The number of rotatable bonds is 4. The molecule has 0 aliphatic rings. The van der Waals surface area contributed by atoms with E-state index in [2.05, 4.69) is 45.7 Å². The molecule has 0 heterocycles. The van der Waals surface area contributed by atoms with E-state index in [-0.39, 0.29) is 0 Å². The summed E-state index contributed by atoms with van der Waals surface area (Å²) in [5, 5.41) is 0. The lowest BCUT2D eigenvalue weighted by molar-refractivity contribution is 0.0769. The van der Waals surface area contributed by atoms with Crippen LogP contribution in [0.25, 0.3) is 0 Å². The first-order chi connectivity index (χ1) is 7.47. The lowest BCUT2D eigenvalue weighted by atomic mass is 9.94. The van der Waals surface area contributed by atoms with Gasteiger partial charge in [0.15, 0.2) is 0 Å². The third-order valence-corrected chi connectivity index (χ3v) is 3.30. The minimum atomic E-state index is 0.672. The Kier molecular flexibility index (Phi) is 4.51. The zero-order valence-electron chi connectivity index (χ0n) is 11.3. The van der Waals surface area contributed by atoms with Crippen molar-refractivity contribution in [1.29, 1.82) is 0 Å². The Labute approximate surface area is 99.2 Å². The van der Waals surface area contributed by atoms with Gasteiger partial charge in [-0.05, 0) is 62.6 Å². The fraction of sp³-hybridized carbons (Fsp3) is 0.571. The van der Waals surface area contributed by atoms with E-state index in [0.717, 1.165) is 6.54 Å². The first-order valence-corrected chi connectivity index (χ1v) is 5.71. The molecular formula is C14H23NO. The number of aryl methyl sites for hydroxylation is 2. The number of benzene rings is 1. The van der Waals surface area contributed by atoms with Crippen LogP contribution in [0.15, 0.2) is 6.07 Å². The normalized spacial score (nSPS) is 11.2. The molecular weight excluding hydrogens is 198 g/mol. The van der Waals surface area contributed by atoms with Gasteiger partial charge in [0.25, 0.3) is 0 Å². The second-order valence-electron chi connectivity index (χ2n) is 4.67. The van der Waals surface area contributed by atoms with Crippen molar-refractivity contribution in [2.45, 2.75) is 34.2 Å². The van der Waals surface area contributed by atoms with Gasteiger partial charge in [0, 0.05) is 13.7 Å². The minimum Gasteiger partial charge on any atom is -0.369 e. The van der Waals surface area contributed by atoms with Gasteiger partial charge in [0.2, 0.25) is 0 Å². The molecule has 16 heavy (non-hydrogen) atoms. The Morgan fingerprint density at radius 3 is 2.00 bits per heavy atom. The Hall–Kier alpha value is -0.860. The second kappa shape index (κ2) is 5.46. The largest absolute Gasteiger partial charge is 0.369 e. The highest BCUT2D eigenvalue weighted by Crippen LogP contribution is 2.22. The van der Waals surface area contributed by atoms with Crippen LogP contribution < -0.4 is 0 Å². The molecule has 0 bridgehead atoms. The standard InChI is InChI=1S/C14H23NO/c1-10-7-11(2)13(4)14(12(10)3)8-15(5)9-16-6/h7H,8-9H2,1-6H3. The molecule has 0 aromatic heterocycles. The number of nitrogens with zero attached hydrogens (tertiary/aromatic N) is 1. The topological polar surface area (TPSA) is 12.5 Å². The van der Waals surface area contributed by atoms with E-state index in [1.54, 1.807) is 7.11 Å². The molecule has 0 aliphatic carbocycles. The third kappa shape index (κ3) is 2.83. The van der Waals surface area contributed by atoms with Crippen molar-refractivity contribution >= 4 is 0 Å². The van der Waals surface area contributed by atoms with Gasteiger partial charge in [0.05, 0.1) is 6.73 Å². The summed E-state index contributed by atoms with van der Waals surface area (Å²) in [7, 11) is 3.82. The molecule has 1 aromatic rings. The molecule has 90 valence electrons. The van der Waals surface area contributed by atoms with Gasteiger partial charge < -0.3 is 4.74 Å². The number of methoxy groups -OCH3 is 1. The van der Waals surface area contributed by atoms with Crippen LogP contribution in [-0.4, -0.2) is 25.8 Å². The Balaban J connectivity index is 3.03. The van der Waals surface area contributed by atoms with Gasteiger partial charge in [0.1, 0.15) is 0 Å². The molecule has 0 spiro atoms. The predicted molar refractivity (Wildman–Crippen MR) is 68.7 cm³/mol. The molecule has 0 saturated heterocycles. The van der Waals surface area contributed by atoms with E-state index in [1.807, 2.05) is 0 Å². The van der Waals surface area contributed by atoms with Crippen LogP contribution in [0, 0.1) is 27.7 Å². The van der Waals surface area contributed by atoms with Crippen LogP contribution >= 0.6 is 0 Å². The molecule has 0 unspecified atom stereocenters. The number of ether oxygens (including phenoxy) is 1. The van der Waals surface area contributed by atoms with Crippen molar-refractivity contribution in [3.63, 3.8) is 0 Å². The zero-order chi connectivity index (χ0) is 12.3. The first kappa shape index (κ1) is 13.2. The molecule has 0 amide bonds. The highest BCUT2D eigenvalue weighted by Gasteiger charge is 2.10. The van der Waals surface area contributed by atoms with Crippen molar-refractivity contribution < 1.29 is 4.74 Å². The van der Waals surface area contributed by atoms with Crippen molar-refractivity contribution in [1.82, 2.24) is 4.90 Å². The zero-order valence-corrected chi connectivity index (χ0v) is 11.3. The van der Waals surface area contributed by atoms with E-state index in [1.165, 1.54) is 27.8 Å². The van der Waals surface area contributed by atoms with Gasteiger partial charge in [-0.15, -0.1) is 0 Å². The quantitative estimate of drug-likeness (QED) is 0.725. The van der Waals surface area contributed by atoms with Crippen LogP contribution in [-0.2, 0) is 11.3 Å². The van der Waals surface area contributed by atoms with Gasteiger partial charge in [-0.2, -0.15) is 0 Å². The molecule has 0 fully saturated rings. The fourth-order valence-electron chi connectivity index (χ4n) is 2.07. The number of hydrogen-bond donors (Lipinski definition) is 0. The van der Waals surface area contributed by atoms with E-state index in [0.29, 0.717) is 6.73 Å². The average Bonchev–Trinajstić information content (AvgIpc) is 2.22. The second-order valence-corrected chi connectivity index (χ2v) is 4.67. The van der Waals surface area contributed by atoms with Crippen LogP contribution in [0.2, 0.25) is 0 Å². The van der Waals surface area contributed by atoms with Gasteiger partial charge in [-0.25, -0.2) is 0 Å². The lowest BCUT2D eigenvalue weighted by Crippen LogP contribution is -2.21. The average molecular weight is 221 g/mol. The molecule has 0 N–H and O–H groups in total. The summed E-state index contributed by atoms with van der Waals surface area (Å²) in [6.07, 6.45) is 0. The molecule has 0 saturated carbocycles. The van der Waals surface area contributed by atoms with Crippen molar-refractivity contribution in [3.8, 4) is 0 Å². The summed E-state index contributed by atoms with van der Waals surface area (Å²) >= 11 is 0. The first-order valence-electron chi connectivity index (χ1n) is 5.71. The maximum Gasteiger partial charge on any atom is 0.0986 e. The summed E-state index contributed by atoms with van der Waals surface area (Å²) in [5.41, 5.74) is 7.02. The summed E-state index contributed by atoms with van der Waals surface area (Å²) in [6.45, 7) is 10.4. The summed E-state index contributed by atoms with van der Waals surface area (Å²) in [4.78, 5) is 2.19. The molecule has 0 aliphatic heterocycles. The van der Waals surface area contributed by atoms with Crippen LogP contribution in [0.5, 0.6) is 0 Å². The molecule has 1 rings (SSSR count). The fourth-order valence-corrected chi connectivity index (χ4v) is 2.07. The van der Waals surface area contributed by atoms with E-state index in [4.69, 9.17) is 4.74 Å². The van der Waals surface area contributed by atoms with Crippen molar-refractivity contribution in [3.05, 3.63) is 33.9 Å². The smallest absolute Gasteiger partial charge is 0.0986 e. The monoisotopic (exact) mass is 221 g/mol. The predicted octanol–water partition coefficient (Wildman–Crippen LogP) is 2.96. The lowest BCUT2D eigenvalue weighted by Gasteiger charge is -2.21. The Morgan fingerprint density at radius 1 is 1.06 bits per heavy atom. The van der Waals surface area contributed by atoms with Gasteiger partial charge in [-0.1, -0.05) is 6.07 Å². The van der Waals surface area contributed by atoms with Crippen LogP contribution in [0.3, 0.4) is 0 Å². The number of hydrogen-bond acceptors (Lipinski definition) is 2. The third-order valence-electron chi connectivity index (χ3n) is 3.30. The Morgan fingerprint density at radius 2 is 1.56 bits per heavy atom. The van der Waals surface area contributed by atoms with E-state index in [9.17, 15) is 0 Å². The molecule has 2 heteroatoms. The highest BCUT2D eigenvalue weighted by molar-refractivity contribution is 5.43. The SMILES string of the molecule is COCN(C)Cc1c(C)c(C)cc(C)c1C. The highest BCUT2D eigenvalue weighted by atomic mass is 16.5. The molecule has 0 atom stereocenters. The maximum absolute atomic E-state index is 5.14. The summed E-state index contributed by atoms with van der Waals surface area (Å²) < 4.78 is 5.14. The minimum absolute atomic E-state index is 0.672. The maximum atomic E-state index is 5.14. The van der Waals surface area contributed by atoms with Crippen LogP contribution in [0.1, 0.15) is 27.8 Å². The van der Waals surface area contributed by atoms with E-state index >= 15 is 0 Å². The molecule has 1 aromatic carbocycles. The van der Waals surface area contributed by atoms with Crippen molar-refractivity contribution in [2.75, 3.05) is 20.9 Å². The summed E-state index contributed by atoms with van der Waals surface area (Å²) in [6, 6.07) is 2.27. The van der Waals surface area contributed by atoms with E-state index < -0.39 is 0 Å². The molecule has 0 radical (unpaired) electrons. The van der Waals surface area contributed by atoms with Gasteiger partial charge in [-0.3, -0.25) is 4.90 Å². The molecule has 2 nitrogen and oxygen atoms in total.